The topological polar surface area (TPSA) is 80.3 Å². The van der Waals surface area contributed by atoms with Gasteiger partial charge in [-0.3, -0.25) is 0 Å². The van der Waals surface area contributed by atoms with Crippen LogP contribution in [0.5, 0.6) is 0 Å². The van der Waals surface area contributed by atoms with Crippen molar-refractivity contribution in [3.8, 4) is 0 Å². The molecule has 0 aromatic carbocycles. The first kappa shape index (κ1) is 17.4. The van der Waals surface area contributed by atoms with Crippen molar-refractivity contribution in [2.75, 3.05) is 32.1 Å². The molecule has 0 saturated carbocycles. The average Bonchev–Trinajstić information content (AvgIpc) is 2.42. The zero-order valence-corrected chi connectivity index (χ0v) is 14.1. The standard InChI is InChI=1S/C12H20BrN3O3S/c1-3-5-14-12-11(8-10(13)9-15-12)20(17,18)16-6-4-7-19-2/h8-9,16H,3-7H2,1-2H3,(H,14,15). The third kappa shape index (κ3) is 5.35. The second kappa shape index (κ2) is 8.56. The molecule has 0 unspecified atom stereocenters. The Morgan fingerprint density at radius 3 is 2.80 bits per heavy atom. The molecular formula is C12H20BrN3O3S. The van der Waals surface area contributed by atoms with Crippen molar-refractivity contribution in [3.63, 3.8) is 0 Å². The van der Waals surface area contributed by atoms with E-state index in [4.69, 9.17) is 4.74 Å². The van der Waals surface area contributed by atoms with E-state index in [1.165, 1.54) is 0 Å². The summed E-state index contributed by atoms with van der Waals surface area (Å²) in [7, 11) is -2.00. The van der Waals surface area contributed by atoms with Crippen molar-refractivity contribution in [2.24, 2.45) is 0 Å². The van der Waals surface area contributed by atoms with Gasteiger partial charge in [-0.1, -0.05) is 6.92 Å². The molecule has 0 aliphatic carbocycles. The van der Waals surface area contributed by atoms with Gasteiger partial charge in [0.05, 0.1) is 0 Å². The van der Waals surface area contributed by atoms with E-state index in [0.717, 1.165) is 6.42 Å². The molecule has 1 rings (SSSR count). The van der Waals surface area contributed by atoms with Crippen LogP contribution in [-0.2, 0) is 14.8 Å². The Bertz CT molecular complexity index is 523. The van der Waals surface area contributed by atoms with Crippen LogP contribution >= 0.6 is 15.9 Å². The summed E-state index contributed by atoms with van der Waals surface area (Å²) in [6.45, 7) is 3.51. The molecule has 0 atom stereocenters. The number of halogens is 1. The molecule has 2 N–H and O–H groups in total. The molecule has 0 spiro atoms. The van der Waals surface area contributed by atoms with E-state index in [0.29, 0.717) is 36.4 Å². The van der Waals surface area contributed by atoms with Crippen molar-refractivity contribution in [2.45, 2.75) is 24.7 Å². The SMILES string of the molecule is CCCNc1ncc(Br)cc1S(=O)(=O)NCCCOC. The molecule has 0 aliphatic rings. The average molecular weight is 366 g/mol. The fraction of sp³-hybridized carbons (Fsp3) is 0.583. The van der Waals surface area contributed by atoms with E-state index in [9.17, 15) is 8.42 Å². The number of hydrogen-bond acceptors (Lipinski definition) is 5. The van der Waals surface area contributed by atoms with E-state index in [1.807, 2.05) is 6.92 Å². The van der Waals surface area contributed by atoms with Gasteiger partial charge in [0.15, 0.2) is 0 Å². The Morgan fingerprint density at radius 1 is 1.40 bits per heavy atom. The normalized spacial score (nSPS) is 11.6. The van der Waals surface area contributed by atoms with E-state index in [-0.39, 0.29) is 4.90 Å². The van der Waals surface area contributed by atoms with Gasteiger partial charge in [0.25, 0.3) is 0 Å². The van der Waals surface area contributed by atoms with Crippen molar-refractivity contribution in [1.82, 2.24) is 9.71 Å². The van der Waals surface area contributed by atoms with Gasteiger partial charge < -0.3 is 10.1 Å². The van der Waals surface area contributed by atoms with Gasteiger partial charge in [-0.15, -0.1) is 0 Å². The molecule has 6 nitrogen and oxygen atoms in total. The minimum Gasteiger partial charge on any atom is -0.385 e. The van der Waals surface area contributed by atoms with Crippen LogP contribution in [0.15, 0.2) is 21.6 Å². The van der Waals surface area contributed by atoms with Crippen LogP contribution in [0.4, 0.5) is 5.82 Å². The lowest BCUT2D eigenvalue weighted by molar-refractivity contribution is 0.196. The number of nitrogens with one attached hydrogen (secondary N) is 2. The van der Waals surface area contributed by atoms with Gasteiger partial charge in [0.2, 0.25) is 10.0 Å². The Labute approximate surface area is 128 Å². The van der Waals surface area contributed by atoms with Crippen molar-refractivity contribution >= 4 is 31.8 Å². The van der Waals surface area contributed by atoms with E-state index >= 15 is 0 Å². The lowest BCUT2D eigenvalue weighted by Crippen LogP contribution is -2.26. The number of sulfonamides is 1. The van der Waals surface area contributed by atoms with Gasteiger partial charge in [-0.05, 0) is 34.8 Å². The summed E-state index contributed by atoms with van der Waals surface area (Å²) in [5, 5.41) is 3.02. The molecule has 0 radical (unpaired) electrons. The molecular weight excluding hydrogens is 346 g/mol. The van der Waals surface area contributed by atoms with Gasteiger partial charge in [-0.2, -0.15) is 0 Å². The first-order valence-corrected chi connectivity index (χ1v) is 8.67. The van der Waals surface area contributed by atoms with Crippen LogP contribution in [0.25, 0.3) is 0 Å². The van der Waals surface area contributed by atoms with Gasteiger partial charge in [-0.25, -0.2) is 18.1 Å². The fourth-order valence-corrected chi connectivity index (χ4v) is 3.22. The summed E-state index contributed by atoms with van der Waals surface area (Å²) in [5.74, 6) is 0.370. The number of aromatic nitrogens is 1. The number of pyridine rings is 1. The maximum absolute atomic E-state index is 12.3. The highest BCUT2D eigenvalue weighted by Gasteiger charge is 2.19. The third-order valence-corrected chi connectivity index (χ3v) is 4.38. The second-order valence-electron chi connectivity index (χ2n) is 4.17. The Morgan fingerprint density at radius 2 is 2.15 bits per heavy atom. The van der Waals surface area contributed by atoms with Crippen LogP contribution in [0, 0.1) is 0 Å². The van der Waals surface area contributed by atoms with Crippen LogP contribution in [0.3, 0.4) is 0 Å². The van der Waals surface area contributed by atoms with Crippen LogP contribution in [-0.4, -0.2) is 40.2 Å². The number of methoxy groups -OCH3 is 1. The molecule has 0 amide bonds. The highest BCUT2D eigenvalue weighted by Crippen LogP contribution is 2.22. The molecule has 20 heavy (non-hydrogen) atoms. The molecule has 0 aliphatic heterocycles. The zero-order chi connectivity index (χ0) is 15.0. The first-order valence-electron chi connectivity index (χ1n) is 6.39. The highest BCUT2D eigenvalue weighted by molar-refractivity contribution is 9.10. The van der Waals surface area contributed by atoms with Crippen molar-refractivity contribution in [3.05, 3.63) is 16.7 Å². The van der Waals surface area contributed by atoms with Crippen LogP contribution in [0.2, 0.25) is 0 Å². The predicted molar refractivity (Wildman–Crippen MR) is 82.4 cm³/mol. The third-order valence-electron chi connectivity index (χ3n) is 2.47. The fourth-order valence-electron chi connectivity index (χ4n) is 1.50. The molecule has 8 heteroatoms. The van der Waals surface area contributed by atoms with Crippen molar-refractivity contribution in [1.29, 1.82) is 0 Å². The molecule has 0 saturated heterocycles. The number of hydrogen-bond donors (Lipinski definition) is 2. The number of rotatable bonds is 9. The van der Waals surface area contributed by atoms with Crippen molar-refractivity contribution < 1.29 is 13.2 Å². The highest BCUT2D eigenvalue weighted by atomic mass is 79.9. The molecule has 0 bridgehead atoms. The van der Waals surface area contributed by atoms with Gasteiger partial charge >= 0.3 is 0 Å². The predicted octanol–water partition coefficient (Wildman–Crippen LogP) is 1.98. The van der Waals surface area contributed by atoms with E-state index < -0.39 is 10.0 Å². The minimum absolute atomic E-state index is 0.151. The summed E-state index contributed by atoms with van der Waals surface area (Å²) < 4.78 is 32.6. The summed E-state index contributed by atoms with van der Waals surface area (Å²) in [6, 6.07) is 1.55. The van der Waals surface area contributed by atoms with Crippen LogP contribution in [0.1, 0.15) is 19.8 Å². The lowest BCUT2D eigenvalue weighted by atomic mass is 10.4. The smallest absolute Gasteiger partial charge is 0.244 e. The maximum Gasteiger partial charge on any atom is 0.244 e. The summed E-state index contributed by atoms with van der Waals surface area (Å²) in [6.07, 6.45) is 3.08. The monoisotopic (exact) mass is 365 g/mol. The number of anilines is 1. The molecule has 1 aromatic heterocycles. The maximum atomic E-state index is 12.3. The molecule has 1 heterocycles. The second-order valence-corrected chi connectivity index (χ2v) is 6.82. The van der Waals surface area contributed by atoms with Crippen LogP contribution < -0.4 is 10.0 Å². The van der Waals surface area contributed by atoms with Gasteiger partial charge in [0.1, 0.15) is 10.7 Å². The number of ether oxygens (including phenoxy) is 1. The summed E-state index contributed by atoms with van der Waals surface area (Å²) in [4.78, 5) is 4.28. The Balaban J connectivity index is 2.88. The van der Waals surface area contributed by atoms with Gasteiger partial charge in [0, 0.05) is 37.5 Å². The molecule has 114 valence electrons. The number of nitrogens with zero attached hydrogens (tertiary/aromatic N) is 1. The minimum atomic E-state index is -3.58. The Hall–Kier alpha value is -0.700. The van der Waals surface area contributed by atoms with E-state index in [1.54, 1.807) is 19.4 Å². The quantitative estimate of drug-likeness (QED) is 0.654. The molecule has 0 fully saturated rings. The first-order chi connectivity index (χ1) is 9.51. The largest absolute Gasteiger partial charge is 0.385 e. The lowest BCUT2D eigenvalue weighted by Gasteiger charge is -2.12. The molecule has 1 aromatic rings. The van der Waals surface area contributed by atoms with E-state index in [2.05, 4.69) is 31.0 Å². The summed E-state index contributed by atoms with van der Waals surface area (Å²) >= 11 is 3.25. The Kier molecular flexibility index (Phi) is 7.42. The zero-order valence-electron chi connectivity index (χ0n) is 11.6. The summed E-state index contributed by atoms with van der Waals surface area (Å²) in [5.41, 5.74) is 0.